The summed E-state index contributed by atoms with van der Waals surface area (Å²) in [5, 5.41) is 2.76. The minimum Gasteiger partial charge on any atom is -0.322 e. The van der Waals surface area contributed by atoms with Crippen molar-refractivity contribution in [1.82, 2.24) is 0 Å². The standard InChI is InChI=1S/C14H10Br2FNOS/c1-7-4-12(17)11(16)6-13(7)18-14(19)9-5-8(20)2-3-10(9)15/h2-6,20H,1H3,(H,18,19). The van der Waals surface area contributed by atoms with Gasteiger partial charge >= 0.3 is 0 Å². The predicted octanol–water partition coefficient (Wildman–Crippen LogP) is 5.20. The Bertz CT molecular complexity index is 691. The molecule has 2 aromatic carbocycles. The summed E-state index contributed by atoms with van der Waals surface area (Å²) in [4.78, 5) is 12.9. The number of amides is 1. The third-order valence-corrected chi connectivity index (χ3v) is 4.29. The molecule has 0 aliphatic carbocycles. The second-order valence-electron chi connectivity index (χ2n) is 4.20. The van der Waals surface area contributed by atoms with E-state index in [0.717, 1.165) is 0 Å². The van der Waals surface area contributed by atoms with E-state index < -0.39 is 0 Å². The number of hydrogen-bond donors (Lipinski definition) is 2. The summed E-state index contributed by atoms with van der Waals surface area (Å²) in [5.41, 5.74) is 1.68. The van der Waals surface area contributed by atoms with Crippen molar-refractivity contribution >= 4 is 56.1 Å². The van der Waals surface area contributed by atoms with Gasteiger partial charge in [-0.1, -0.05) is 0 Å². The number of halogens is 3. The first-order valence-electron chi connectivity index (χ1n) is 5.64. The zero-order valence-electron chi connectivity index (χ0n) is 10.4. The highest BCUT2D eigenvalue weighted by Crippen LogP contribution is 2.26. The van der Waals surface area contributed by atoms with Gasteiger partial charge in [0.25, 0.3) is 5.91 Å². The maximum absolute atomic E-state index is 13.4. The van der Waals surface area contributed by atoms with Crippen LogP contribution in [0.1, 0.15) is 15.9 Å². The van der Waals surface area contributed by atoms with Gasteiger partial charge in [0.1, 0.15) is 5.82 Å². The van der Waals surface area contributed by atoms with E-state index in [9.17, 15) is 9.18 Å². The molecule has 2 aromatic rings. The van der Waals surface area contributed by atoms with Crippen molar-refractivity contribution in [2.24, 2.45) is 0 Å². The molecule has 2 rings (SSSR count). The smallest absolute Gasteiger partial charge is 0.256 e. The van der Waals surface area contributed by atoms with Gasteiger partial charge in [-0.2, -0.15) is 0 Å². The molecule has 104 valence electrons. The Labute approximate surface area is 138 Å². The first-order valence-corrected chi connectivity index (χ1v) is 7.67. The van der Waals surface area contributed by atoms with Gasteiger partial charge in [-0.25, -0.2) is 4.39 Å². The molecule has 0 bridgehead atoms. The molecular formula is C14H10Br2FNOS. The molecule has 0 saturated carbocycles. The molecule has 0 aliphatic heterocycles. The average molecular weight is 419 g/mol. The number of thiol groups is 1. The van der Waals surface area contributed by atoms with Crippen LogP contribution in [0.5, 0.6) is 0 Å². The van der Waals surface area contributed by atoms with E-state index in [-0.39, 0.29) is 11.7 Å². The highest BCUT2D eigenvalue weighted by atomic mass is 79.9. The van der Waals surface area contributed by atoms with Gasteiger partial charge in [-0.3, -0.25) is 4.79 Å². The van der Waals surface area contributed by atoms with Crippen LogP contribution in [-0.4, -0.2) is 5.91 Å². The Balaban J connectivity index is 2.32. The summed E-state index contributed by atoms with van der Waals surface area (Å²) in [5.74, 6) is -0.645. The lowest BCUT2D eigenvalue weighted by atomic mass is 10.1. The summed E-state index contributed by atoms with van der Waals surface area (Å²) in [7, 11) is 0. The van der Waals surface area contributed by atoms with E-state index in [0.29, 0.717) is 30.7 Å². The molecule has 0 heterocycles. The van der Waals surface area contributed by atoms with Crippen LogP contribution in [-0.2, 0) is 0 Å². The van der Waals surface area contributed by atoms with Crippen molar-refractivity contribution in [2.45, 2.75) is 11.8 Å². The minimum absolute atomic E-state index is 0.283. The Morgan fingerprint density at radius 1 is 1.20 bits per heavy atom. The number of hydrogen-bond acceptors (Lipinski definition) is 2. The first-order chi connectivity index (χ1) is 9.38. The zero-order chi connectivity index (χ0) is 14.9. The predicted molar refractivity (Wildman–Crippen MR) is 88.2 cm³/mol. The molecule has 0 saturated heterocycles. The molecule has 1 amide bonds. The summed E-state index contributed by atoms with van der Waals surface area (Å²) in [6, 6.07) is 8.11. The van der Waals surface area contributed by atoms with Crippen LogP contribution in [0.15, 0.2) is 44.2 Å². The van der Waals surface area contributed by atoms with Crippen molar-refractivity contribution < 1.29 is 9.18 Å². The van der Waals surface area contributed by atoms with Gasteiger partial charge in [0.2, 0.25) is 0 Å². The van der Waals surface area contributed by atoms with Gasteiger partial charge < -0.3 is 5.32 Å². The number of benzene rings is 2. The fourth-order valence-corrected chi connectivity index (χ4v) is 2.63. The first kappa shape index (κ1) is 15.5. The Kier molecular flexibility index (Phi) is 4.88. The molecule has 20 heavy (non-hydrogen) atoms. The summed E-state index contributed by atoms with van der Waals surface area (Å²) < 4.78 is 14.3. The molecule has 0 radical (unpaired) electrons. The lowest BCUT2D eigenvalue weighted by Gasteiger charge is -2.11. The largest absolute Gasteiger partial charge is 0.322 e. The van der Waals surface area contributed by atoms with Crippen LogP contribution < -0.4 is 5.32 Å². The van der Waals surface area contributed by atoms with E-state index in [1.807, 2.05) is 0 Å². The second kappa shape index (κ2) is 6.28. The number of aryl methyl sites for hydroxylation is 1. The van der Waals surface area contributed by atoms with Crippen LogP contribution in [0.2, 0.25) is 0 Å². The van der Waals surface area contributed by atoms with Gasteiger partial charge in [0.15, 0.2) is 0 Å². The molecule has 0 unspecified atom stereocenters. The quantitative estimate of drug-likeness (QED) is 0.644. The monoisotopic (exact) mass is 417 g/mol. The van der Waals surface area contributed by atoms with E-state index in [1.54, 1.807) is 31.2 Å². The van der Waals surface area contributed by atoms with Crippen LogP contribution in [0.3, 0.4) is 0 Å². The molecule has 0 aliphatic rings. The van der Waals surface area contributed by atoms with Gasteiger partial charge in [0, 0.05) is 15.1 Å². The van der Waals surface area contributed by atoms with Crippen molar-refractivity contribution in [3.63, 3.8) is 0 Å². The molecule has 6 heteroatoms. The summed E-state index contributed by atoms with van der Waals surface area (Å²) in [6.07, 6.45) is 0. The van der Waals surface area contributed by atoms with Crippen LogP contribution in [0.25, 0.3) is 0 Å². The molecule has 2 nitrogen and oxygen atoms in total. The fraction of sp³-hybridized carbons (Fsp3) is 0.0714. The lowest BCUT2D eigenvalue weighted by molar-refractivity contribution is 0.102. The van der Waals surface area contributed by atoms with Crippen molar-refractivity contribution in [3.05, 3.63) is 56.2 Å². The van der Waals surface area contributed by atoms with E-state index in [2.05, 4.69) is 49.8 Å². The fourth-order valence-electron chi connectivity index (χ4n) is 1.66. The van der Waals surface area contributed by atoms with Crippen molar-refractivity contribution in [3.8, 4) is 0 Å². The summed E-state index contributed by atoms with van der Waals surface area (Å²) in [6.45, 7) is 1.73. The number of rotatable bonds is 2. The molecular weight excluding hydrogens is 409 g/mol. The molecule has 0 spiro atoms. The Morgan fingerprint density at radius 3 is 2.60 bits per heavy atom. The number of carbonyl (C=O) groups excluding carboxylic acids is 1. The van der Waals surface area contributed by atoms with Crippen LogP contribution >= 0.6 is 44.5 Å². The number of carbonyl (C=O) groups is 1. The van der Waals surface area contributed by atoms with Crippen molar-refractivity contribution in [2.75, 3.05) is 5.32 Å². The maximum atomic E-state index is 13.4. The highest BCUT2D eigenvalue weighted by Gasteiger charge is 2.13. The SMILES string of the molecule is Cc1cc(F)c(Br)cc1NC(=O)c1cc(S)ccc1Br. The second-order valence-corrected chi connectivity index (χ2v) is 6.42. The molecule has 0 atom stereocenters. The Morgan fingerprint density at radius 2 is 1.90 bits per heavy atom. The molecule has 0 fully saturated rings. The van der Waals surface area contributed by atoms with E-state index >= 15 is 0 Å². The molecule has 0 aromatic heterocycles. The number of nitrogens with one attached hydrogen (secondary N) is 1. The lowest BCUT2D eigenvalue weighted by Crippen LogP contribution is -2.13. The van der Waals surface area contributed by atoms with Crippen LogP contribution in [0, 0.1) is 12.7 Å². The van der Waals surface area contributed by atoms with E-state index in [4.69, 9.17) is 0 Å². The maximum Gasteiger partial charge on any atom is 0.256 e. The van der Waals surface area contributed by atoms with Gasteiger partial charge in [0.05, 0.1) is 10.0 Å². The van der Waals surface area contributed by atoms with Gasteiger partial charge in [-0.15, -0.1) is 12.6 Å². The topological polar surface area (TPSA) is 29.1 Å². The summed E-state index contributed by atoms with van der Waals surface area (Å²) >= 11 is 10.6. The minimum atomic E-state index is -0.362. The number of anilines is 1. The normalized spacial score (nSPS) is 10.4. The van der Waals surface area contributed by atoms with Crippen molar-refractivity contribution in [1.29, 1.82) is 0 Å². The average Bonchev–Trinajstić information content (AvgIpc) is 2.38. The third kappa shape index (κ3) is 3.42. The van der Waals surface area contributed by atoms with Crippen LogP contribution in [0.4, 0.5) is 10.1 Å². The highest BCUT2D eigenvalue weighted by molar-refractivity contribution is 9.10. The third-order valence-electron chi connectivity index (χ3n) is 2.71. The Hall–Kier alpha value is -0.850. The van der Waals surface area contributed by atoms with Gasteiger partial charge in [-0.05, 0) is 74.7 Å². The van der Waals surface area contributed by atoms with E-state index in [1.165, 1.54) is 6.07 Å². The zero-order valence-corrected chi connectivity index (χ0v) is 14.4. The molecule has 1 N–H and O–H groups in total.